The van der Waals surface area contributed by atoms with Gasteiger partial charge in [0, 0.05) is 12.2 Å². The van der Waals surface area contributed by atoms with Crippen molar-refractivity contribution in [3.63, 3.8) is 0 Å². The van der Waals surface area contributed by atoms with Crippen molar-refractivity contribution in [2.75, 3.05) is 25.4 Å². The molecule has 0 radical (unpaired) electrons. The first-order valence-electron chi connectivity index (χ1n) is 12.8. The predicted octanol–water partition coefficient (Wildman–Crippen LogP) is -2.16. The molecule has 0 fully saturated rings. The van der Waals surface area contributed by atoms with Crippen molar-refractivity contribution < 1.29 is 39.0 Å². The van der Waals surface area contributed by atoms with E-state index in [1.807, 2.05) is 0 Å². The molecule has 2 rings (SSSR count). The minimum Gasteiger partial charge on any atom is -0.508 e. The van der Waals surface area contributed by atoms with E-state index in [-0.39, 0.29) is 24.3 Å². The number of rotatable bonds is 16. The van der Waals surface area contributed by atoms with Crippen molar-refractivity contribution in [1.29, 1.82) is 0 Å². The summed E-state index contributed by atoms with van der Waals surface area (Å²) in [6.07, 6.45) is 0.253. The van der Waals surface area contributed by atoms with Crippen LogP contribution in [0.25, 0.3) is 0 Å². The summed E-state index contributed by atoms with van der Waals surface area (Å²) in [5.74, 6) is -4.78. The van der Waals surface area contributed by atoms with Crippen molar-refractivity contribution in [2.24, 2.45) is 5.73 Å². The Hall–Kier alpha value is -4.63. The van der Waals surface area contributed by atoms with Crippen molar-refractivity contribution in [3.05, 3.63) is 65.7 Å². The molecule has 0 saturated heterocycles. The van der Waals surface area contributed by atoms with Gasteiger partial charge in [-0.1, -0.05) is 42.5 Å². The molecule has 0 spiro atoms. The van der Waals surface area contributed by atoms with Crippen LogP contribution in [0.2, 0.25) is 0 Å². The minimum atomic E-state index is -1.28. The maximum absolute atomic E-state index is 12.9. The molecular formula is C27H34N6O8S. The van der Waals surface area contributed by atoms with E-state index in [2.05, 4.69) is 39.2 Å². The van der Waals surface area contributed by atoms with Gasteiger partial charge >= 0.3 is 5.97 Å². The van der Waals surface area contributed by atoms with E-state index in [9.17, 15) is 33.9 Å². The van der Waals surface area contributed by atoms with E-state index in [0.717, 1.165) is 5.56 Å². The molecule has 0 aliphatic heterocycles. The Balaban J connectivity index is 1.88. The van der Waals surface area contributed by atoms with Crippen LogP contribution in [-0.4, -0.2) is 89.2 Å². The second kappa shape index (κ2) is 17.2. The number of hydrogen-bond donors (Lipinski definition) is 9. The number of nitrogens with one attached hydrogen (secondary N) is 5. The number of carbonyl (C=O) groups is 6. The van der Waals surface area contributed by atoms with Gasteiger partial charge in [-0.2, -0.15) is 12.6 Å². The van der Waals surface area contributed by atoms with Gasteiger partial charge in [0.15, 0.2) is 0 Å². The molecule has 0 aliphatic rings. The van der Waals surface area contributed by atoms with Crippen LogP contribution in [0.15, 0.2) is 54.6 Å². The number of carboxylic acid groups (broad SMARTS) is 1. The third kappa shape index (κ3) is 12.3. The first-order chi connectivity index (χ1) is 20.0. The normalized spacial score (nSPS) is 12.6. The topological polar surface area (TPSA) is 229 Å². The van der Waals surface area contributed by atoms with Crippen molar-refractivity contribution in [2.45, 2.75) is 31.0 Å². The molecule has 9 N–H and O–H groups in total. The lowest BCUT2D eigenvalue weighted by molar-refractivity contribution is -0.141. The molecule has 2 aromatic rings. The number of phenolic OH excluding ortho intramolecular Hbond substituents is 1. The Morgan fingerprint density at radius 1 is 0.690 bits per heavy atom. The highest BCUT2D eigenvalue weighted by atomic mass is 32.1. The lowest BCUT2D eigenvalue weighted by Gasteiger charge is -2.19. The van der Waals surface area contributed by atoms with Crippen molar-refractivity contribution in [3.8, 4) is 5.75 Å². The highest BCUT2D eigenvalue weighted by Crippen LogP contribution is 2.11. The smallest absolute Gasteiger partial charge is 0.327 e. The van der Waals surface area contributed by atoms with E-state index in [0.29, 0.717) is 5.56 Å². The van der Waals surface area contributed by atoms with Crippen LogP contribution in [0.4, 0.5) is 0 Å². The number of nitrogens with two attached hydrogens (primary N) is 1. The molecule has 15 heteroatoms. The highest BCUT2D eigenvalue weighted by Gasteiger charge is 2.23. The number of hydrogen-bond acceptors (Lipinski definition) is 9. The lowest BCUT2D eigenvalue weighted by Crippen LogP contribution is -2.53. The maximum Gasteiger partial charge on any atom is 0.327 e. The van der Waals surface area contributed by atoms with Gasteiger partial charge < -0.3 is 42.5 Å². The largest absolute Gasteiger partial charge is 0.508 e. The molecule has 226 valence electrons. The van der Waals surface area contributed by atoms with Crippen LogP contribution >= 0.6 is 12.6 Å². The number of carboxylic acids is 1. The average molecular weight is 603 g/mol. The Bertz CT molecular complexity index is 1240. The van der Waals surface area contributed by atoms with Gasteiger partial charge in [-0.3, -0.25) is 24.0 Å². The fourth-order valence-electron chi connectivity index (χ4n) is 3.54. The summed E-state index contributed by atoms with van der Waals surface area (Å²) in [6.45, 7) is -1.50. The molecule has 14 nitrogen and oxygen atoms in total. The summed E-state index contributed by atoms with van der Waals surface area (Å²) in [6, 6.07) is 11.7. The molecule has 42 heavy (non-hydrogen) atoms. The van der Waals surface area contributed by atoms with Gasteiger partial charge in [0.25, 0.3) is 0 Å². The molecule has 0 unspecified atom stereocenters. The number of aliphatic carboxylic acids is 1. The first kappa shape index (κ1) is 33.6. The number of phenols is 1. The van der Waals surface area contributed by atoms with Gasteiger partial charge in [0.2, 0.25) is 29.5 Å². The van der Waals surface area contributed by atoms with Crippen molar-refractivity contribution >= 4 is 48.1 Å². The predicted molar refractivity (Wildman–Crippen MR) is 154 cm³/mol. The molecule has 5 amide bonds. The quantitative estimate of drug-likeness (QED) is 0.0952. The zero-order valence-electron chi connectivity index (χ0n) is 22.5. The number of amides is 5. The van der Waals surface area contributed by atoms with E-state index >= 15 is 0 Å². The summed E-state index contributed by atoms with van der Waals surface area (Å²) < 4.78 is 0. The van der Waals surface area contributed by atoms with Gasteiger partial charge in [0.1, 0.15) is 17.8 Å². The van der Waals surface area contributed by atoms with Crippen LogP contribution in [0.1, 0.15) is 11.1 Å². The number of carbonyl (C=O) groups excluding carboxylic acids is 5. The maximum atomic E-state index is 12.9. The second-order valence-electron chi connectivity index (χ2n) is 9.14. The fourth-order valence-corrected chi connectivity index (χ4v) is 3.79. The Labute approximate surface area is 247 Å². The minimum absolute atomic E-state index is 0.0751. The molecular weight excluding hydrogens is 568 g/mol. The van der Waals surface area contributed by atoms with Crippen LogP contribution in [-0.2, 0) is 41.6 Å². The SMILES string of the molecule is N[C@@H](Cc1ccc(O)cc1)C(=O)NCC(=O)N[C@@H](Cc1ccccc1)C(=O)NCC(=O)NCC(=O)N[C@@H](CS)C(=O)O. The van der Waals surface area contributed by atoms with Crippen LogP contribution in [0, 0.1) is 0 Å². The third-order valence-electron chi connectivity index (χ3n) is 5.77. The fraction of sp³-hybridized carbons (Fsp3) is 0.333. The monoisotopic (exact) mass is 602 g/mol. The molecule has 3 atom stereocenters. The zero-order chi connectivity index (χ0) is 31.1. The second-order valence-corrected chi connectivity index (χ2v) is 9.51. The summed E-state index contributed by atoms with van der Waals surface area (Å²) in [5, 5.41) is 30.1. The van der Waals surface area contributed by atoms with Crippen LogP contribution in [0.3, 0.4) is 0 Å². The first-order valence-corrected chi connectivity index (χ1v) is 13.4. The Morgan fingerprint density at radius 2 is 1.21 bits per heavy atom. The van der Waals surface area contributed by atoms with Gasteiger partial charge in [0.05, 0.1) is 25.7 Å². The Kier molecular flexibility index (Phi) is 13.8. The third-order valence-corrected chi connectivity index (χ3v) is 6.14. The molecule has 0 bridgehead atoms. The van der Waals surface area contributed by atoms with Gasteiger partial charge in [-0.05, 0) is 29.7 Å². The lowest BCUT2D eigenvalue weighted by atomic mass is 10.0. The summed E-state index contributed by atoms with van der Waals surface area (Å²) in [5.41, 5.74) is 7.35. The number of thiol groups is 1. The molecule has 0 saturated carbocycles. The molecule has 2 aromatic carbocycles. The highest BCUT2D eigenvalue weighted by molar-refractivity contribution is 7.80. The summed E-state index contributed by atoms with van der Waals surface area (Å²) in [4.78, 5) is 72.8. The van der Waals surface area contributed by atoms with E-state index in [4.69, 9.17) is 10.8 Å². The van der Waals surface area contributed by atoms with Crippen LogP contribution < -0.4 is 32.3 Å². The number of benzene rings is 2. The summed E-state index contributed by atoms with van der Waals surface area (Å²) >= 11 is 3.83. The van der Waals surface area contributed by atoms with E-state index < -0.39 is 73.3 Å². The van der Waals surface area contributed by atoms with Gasteiger partial charge in [-0.25, -0.2) is 4.79 Å². The van der Waals surface area contributed by atoms with Crippen LogP contribution in [0.5, 0.6) is 5.75 Å². The number of aromatic hydroxyl groups is 1. The van der Waals surface area contributed by atoms with Gasteiger partial charge in [-0.15, -0.1) is 0 Å². The molecule has 0 heterocycles. The van der Waals surface area contributed by atoms with E-state index in [1.54, 1.807) is 42.5 Å². The Morgan fingerprint density at radius 3 is 1.81 bits per heavy atom. The summed E-state index contributed by atoms with van der Waals surface area (Å²) in [7, 11) is 0. The molecule has 0 aliphatic carbocycles. The van der Waals surface area contributed by atoms with Crippen molar-refractivity contribution in [1.82, 2.24) is 26.6 Å². The standard InChI is InChI=1S/C27H34N6O8S/c28-19(10-17-6-8-18(34)9-7-17)25(38)30-14-24(37)32-20(11-16-4-2-1-3-5-16)26(39)31-12-22(35)29-13-23(36)33-21(15-42)27(40)41/h1-9,19-21,34,42H,10-15,28H2,(H,29,35)(H,30,38)(H,31,39)(H,32,37)(H,33,36)(H,40,41)/t19-,20-,21-/m0/s1. The zero-order valence-corrected chi connectivity index (χ0v) is 23.4. The molecule has 0 aromatic heterocycles. The average Bonchev–Trinajstić information content (AvgIpc) is 2.97. The van der Waals surface area contributed by atoms with E-state index in [1.165, 1.54) is 12.1 Å².